The number of amides is 1. The Balaban J connectivity index is 1.93. The predicted octanol–water partition coefficient (Wildman–Crippen LogP) is 3.42. The molecule has 0 unspecified atom stereocenters. The monoisotopic (exact) mass is 300 g/mol. The van der Waals surface area contributed by atoms with E-state index in [1.807, 2.05) is 17.5 Å². The van der Waals surface area contributed by atoms with Crippen LogP contribution in [0.5, 0.6) is 0 Å². The molecule has 3 nitrogen and oxygen atoms in total. The number of thiophene rings is 1. The van der Waals surface area contributed by atoms with Gasteiger partial charge in [-0.15, -0.1) is 11.3 Å². The fraction of sp³-hybridized carbons (Fsp3) is 0.167. The summed E-state index contributed by atoms with van der Waals surface area (Å²) in [6.45, 7) is 0.546. The van der Waals surface area contributed by atoms with Gasteiger partial charge in [-0.3, -0.25) is 4.79 Å². The van der Waals surface area contributed by atoms with Gasteiger partial charge in [0.05, 0.1) is 5.02 Å². The van der Waals surface area contributed by atoms with Crippen molar-refractivity contribution in [1.29, 1.82) is 0 Å². The van der Waals surface area contributed by atoms with Crippen molar-refractivity contribution in [3.8, 4) is 0 Å². The van der Waals surface area contributed by atoms with Crippen molar-refractivity contribution >= 4 is 40.4 Å². The number of carbonyl (C=O) groups is 1. The van der Waals surface area contributed by atoms with Crippen LogP contribution in [0, 0.1) is 0 Å². The number of nitrogens with one attached hydrogen (secondary N) is 1. The number of hydrogen-bond donors (Lipinski definition) is 1. The van der Waals surface area contributed by atoms with Gasteiger partial charge in [0.25, 0.3) is 5.91 Å². The first-order chi connectivity index (χ1) is 8.66. The molecular weight excluding hydrogens is 291 g/mol. The second kappa shape index (κ2) is 6.18. The molecule has 94 valence electrons. The Bertz CT molecular complexity index is 543. The Morgan fingerprint density at radius 1 is 1.33 bits per heavy atom. The Hall–Kier alpha value is -1.10. The Kier molecular flexibility index (Phi) is 4.58. The minimum Gasteiger partial charge on any atom is -0.350 e. The van der Waals surface area contributed by atoms with Crippen molar-refractivity contribution in [2.45, 2.75) is 6.42 Å². The van der Waals surface area contributed by atoms with Gasteiger partial charge in [0, 0.05) is 11.4 Å². The van der Waals surface area contributed by atoms with E-state index < -0.39 is 0 Å². The molecule has 0 bridgehead atoms. The number of carbonyl (C=O) groups excluding carboxylic acids is 1. The van der Waals surface area contributed by atoms with Crippen LogP contribution in [0.2, 0.25) is 10.2 Å². The third-order valence-electron chi connectivity index (χ3n) is 2.26. The molecular formula is C12H10Cl2N2OS. The van der Waals surface area contributed by atoms with Gasteiger partial charge >= 0.3 is 0 Å². The molecule has 0 aliphatic rings. The summed E-state index contributed by atoms with van der Waals surface area (Å²) in [6, 6.07) is 7.12. The zero-order valence-corrected chi connectivity index (χ0v) is 11.6. The third-order valence-corrected chi connectivity index (χ3v) is 3.72. The number of hydrogen-bond acceptors (Lipinski definition) is 3. The minimum atomic E-state index is -0.306. The first kappa shape index (κ1) is 13.3. The van der Waals surface area contributed by atoms with Crippen molar-refractivity contribution in [2.75, 3.05) is 6.54 Å². The summed E-state index contributed by atoms with van der Waals surface area (Å²) in [4.78, 5) is 17.0. The van der Waals surface area contributed by atoms with Crippen molar-refractivity contribution in [1.82, 2.24) is 10.3 Å². The lowest BCUT2D eigenvalue weighted by Crippen LogP contribution is -2.26. The summed E-state index contributed by atoms with van der Waals surface area (Å²) < 4.78 is 0. The standard InChI is InChI=1S/C12H10Cl2N2OS/c13-9-3-4-10(14)16-11(9)12(17)15-6-5-8-2-1-7-18-8/h1-4,7H,5-6H2,(H,15,17). The molecule has 1 amide bonds. The van der Waals surface area contributed by atoms with Crippen molar-refractivity contribution in [3.05, 3.63) is 50.4 Å². The van der Waals surface area contributed by atoms with Crippen LogP contribution in [0.25, 0.3) is 0 Å². The van der Waals surface area contributed by atoms with Gasteiger partial charge in [-0.1, -0.05) is 29.3 Å². The summed E-state index contributed by atoms with van der Waals surface area (Å²) in [6.07, 6.45) is 0.793. The van der Waals surface area contributed by atoms with Gasteiger partial charge in [-0.05, 0) is 30.0 Å². The quantitative estimate of drug-likeness (QED) is 0.879. The van der Waals surface area contributed by atoms with Crippen LogP contribution in [0.3, 0.4) is 0 Å². The van der Waals surface area contributed by atoms with Gasteiger partial charge in [-0.2, -0.15) is 0 Å². The SMILES string of the molecule is O=C(NCCc1cccs1)c1nc(Cl)ccc1Cl. The summed E-state index contributed by atoms with van der Waals surface area (Å²) in [7, 11) is 0. The maximum absolute atomic E-state index is 11.8. The maximum atomic E-state index is 11.8. The van der Waals surface area contributed by atoms with Crippen LogP contribution in [-0.4, -0.2) is 17.4 Å². The van der Waals surface area contributed by atoms with Crippen LogP contribution in [-0.2, 0) is 6.42 Å². The molecule has 18 heavy (non-hydrogen) atoms. The highest BCUT2D eigenvalue weighted by Gasteiger charge is 2.12. The zero-order valence-electron chi connectivity index (χ0n) is 9.32. The molecule has 0 radical (unpaired) electrons. The topological polar surface area (TPSA) is 42.0 Å². The fourth-order valence-electron chi connectivity index (χ4n) is 1.42. The molecule has 2 aromatic heterocycles. The largest absolute Gasteiger partial charge is 0.350 e. The summed E-state index contributed by atoms with van der Waals surface area (Å²) in [5.74, 6) is -0.306. The molecule has 2 aromatic rings. The van der Waals surface area contributed by atoms with E-state index in [1.165, 1.54) is 4.88 Å². The molecule has 0 atom stereocenters. The fourth-order valence-corrected chi connectivity index (χ4v) is 2.46. The molecule has 6 heteroatoms. The summed E-state index contributed by atoms with van der Waals surface area (Å²) in [5, 5.41) is 5.33. The van der Waals surface area contributed by atoms with Gasteiger partial charge in [0.2, 0.25) is 0 Å². The Labute approximate surface area is 119 Å². The maximum Gasteiger partial charge on any atom is 0.271 e. The van der Waals surface area contributed by atoms with Crippen molar-refractivity contribution in [3.63, 3.8) is 0 Å². The zero-order chi connectivity index (χ0) is 13.0. The molecule has 0 spiro atoms. The smallest absolute Gasteiger partial charge is 0.271 e. The average molecular weight is 301 g/mol. The molecule has 0 saturated heterocycles. The molecule has 2 heterocycles. The number of halogens is 2. The Morgan fingerprint density at radius 2 is 2.17 bits per heavy atom. The van der Waals surface area contributed by atoms with E-state index in [-0.39, 0.29) is 16.8 Å². The average Bonchev–Trinajstić information content (AvgIpc) is 2.85. The molecule has 0 aliphatic heterocycles. The lowest BCUT2D eigenvalue weighted by molar-refractivity contribution is 0.0949. The van der Waals surface area contributed by atoms with Crippen molar-refractivity contribution in [2.24, 2.45) is 0 Å². The van der Waals surface area contributed by atoms with Crippen LogP contribution in [0.1, 0.15) is 15.4 Å². The second-order valence-electron chi connectivity index (χ2n) is 3.55. The van der Waals surface area contributed by atoms with Crippen LogP contribution in [0.15, 0.2) is 29.6 Å². The Morgan fingerprint density at radius 3 is 2.89 bits per heavy atom. The summed E-state index contributed by atoms with van der Waals surface area (Å²) >= 11 is 13.3. The molecule has 0 saturated carbocycles. The van der Waals surface area contributed by atoms with Gasteiger partial charge in [0.1, 0.15) is 10.8 Å². The molecule has 0 aromatic carbocycles. The van der Waals surface area contributed by atoms with Crippen LogP contribution >= 0.6 is 34.5 Å². The molecule has 1 N–H and O–H groups in total. The van der Waals surface area contributed by atoms with Gasteiger partial charge < -0.3 is 5.32 Å². The third kappa shape index (κ3) is 3.45. The van der Waals surface area contributed by atoms with Crippen molar-refractivity contribution < 1.29 is 4.79 Å². The van der Waals surface area contributed by atoms with E-state index in [0.717, 1.165) is 6.42 Å². The second-order valence-corrected chi connectivity index (χ2v) is 5.38. The van der Waals surface area contributed by atoms with E-state index >= 15 is 0 Å². The number of aromatic nitrogens is 1. The highest BCUT2D eigenvalue weighted by molar-refractivity contribution is 7.09. The molecule has 0 aliphatic carbocycles. The predicted molar refractivity (Wildman–Crippen MR) is 74.6 cm³/mol. The van der Waals surface area contributed by atoms with E-state index in [1.54, 1.807) is 23.5 Å². The normalized spacial score (nSPS) is 10.3. The van der Waals surface area contributed by atoms with Gasteiger partial charge in [0.15, 0.2) is 0 Å². The highest BCUT2D eigenvalue weighted by Crippen LogP contribution is 2.16. The van der Waals surface area contributed by atoms with E-state index in [0.29, 0.717) is 11.6 Å². The van der Waals surface area contributed by atoms with Crippen LogP contribution < -0.4 is 5.32 Å². The first-order valence-electron chi connectivity index (χ1n) is 5.29. The lowest BCUT2D eigenvalue weighted by Gasteiger charge is -2.05. The minimum absolute atomic E-state index is 0.162. The van der Waals surface area contributed by atoms with E-state index in [9.17, 15) is 4.79 Å². The van der Waals surface area contributed by atoms with E-state index in [4.69, 9.17) is 23.2 Å². The van der Waals surface area contributed by atoms with Gasteiger partial charge in [-0.25, -0.2) is 4.98 Å². The number of nitrogens with zero attached hydrogens (tertiary/aromatic N) is 1. The first-order valence-corrected chi connectivity index (χ1v) is 6.93. The van der Waals surface area contributed by atoms with Crippen LogP contribution in [0.4, 0.5) is 0 Å². The number of pyridine rings is 1. The lowest BCUT2D eigenvalue weighted by atomic mass is 10.3. The number of rotatable bonds is 4. The summed E-state index contributed by atoms with van der Waals surface area (Å²) in [5.41, 5.74) is 0.162. The highest BCUT2D eigenvalue weighted by atomic mass is 35.5. The molecule has 2 rings (SSSR count). The van der Waals surface area contributed by atoms with E-state index in [2.05, 4.69) is 10.3 Å². The molecule has 0 fully saturated rings.